The Balaban J connectivity index is 1.73. The second kappa shape index (κ2) is 9.43. The lowest BCUT2D eigenvalue weighted by Gasteiger charge is -2.20. The average molecular weight is 451 g/mol. The molecule has 0 radical (unpaired) electrons. The summed E-state index contributed by atoms with van der Waals surface area (Å²) >= 11 is 2.74. The first-order valence-corrected chi connectivity index (χ1v) is 12.2. The molecule has 0 saturated heterocycles. The van der Waals surface area contributed by atoms with Gasteiger partial charge in [-0.1, -0.05) is 6.07 Å². The van der Waals surface area contributed by atoms with Crippen molar-refractivity contribution in [1.29, 1.82) is 0 Å². The predicted octanol–water partition coefficient (Wildman–Crippen LogP) is 4.01. The predicted molar refractivity (Wildman–Crippen MR) is 118 cm³/mol. The quantitative estimate of drug-likeness (QED) is 0.535. The molecule has 0 unspecified atom stereocenters. The number of amides is 1. The molecule has 2 heterocycles. The molecule has 0 saturated carbocycles. The molecule has 29 heavy (non-hydrogen) atoms. The number of thiophene rings is 2. The molecule has 0 aliphatic carbocycles. The van der Waals surface area contributed by atoms with E-state index in [0.29, 0.717) is 31.0 Å². The third kappa shape index (κ3) is 4.98. The van der Waals surface area contributed by atoms with Crippen LogP contribution >= 0.6 is 22.7 Å². The number of sulfonamides is 1. The van der Waals surface area contributed by atoms with Crippen LogP contribution < -0.4 is 14.4 Å². The minimum atomic E-state index is -3.87. The van der Waals surface area contributed by atoms with Crippen molar-refractivity contribution in [3.8, 4) is 5.75 Å². The van der Waals surface area contributed by atoms with Crippen LogP contribution in [0.2, 0.25) is 0 Å². The SMILES string of the molecule is CCOc1ccc(N(C)S(=O)(=O)c2ccsc2C(=O)NCCc2cccs2)cc1. The molecule has 6 nitrogen and oxygen atoms in total. The zero-order chi connectivity index (χ0) is 20.9. The van der Waals surface area contributed by atoms with Crippen molar-refractivity contribution >= 4 is 44.3 Å². The number of nitrogens with zero attached hydrogens (tertiary/aromatic N) is 1. The van der Waals surface area contributed by atoms with Crippen LogP contribution in [0.3, 0.4) is 0 Å². The lowest BCUT2D eigenvalue weighted by Crippen LogP contribution is -2.30. The molecule has 2 aromatic heterocycles. The van der Waals surface area contributed by atoms with Gasteiger partial charge in [0.15, 0.2) is 0 Å². The molecule has 9 heteroatoms. The Morgan fingerprint density at radius 2 is 1.86 bits per heavy atom. The Bertz CT molecular complexity index is 1040. The molecule has 1 amide bonds. The van der Waals surface area contributed by atoms with Gasteiger partial charge >= 0.3 is 0 Å². The highest BCUT2D eigenvalue weighted by Gasteiger charge is 2.28. The minimum Gasteiger partial charge on any atom is -0.494 e. The Morgan fingerprint density at radius 1 is 1.10 bits per heavy atom. The van der Waals surface area contributed by atoms with Gasteiger partial charge in [0, 0.05) is 18.5 Å². The number of nitrogens with one attached hydrogen (secondary N) is 1. The normalized spacial score (nSPS) is 11.2. The van der Waals surface area contributed by atoms with Crippen LogP contribution in [-0.4, -0.2) is 34.5 Å². The second-order valence-corrected chi connectivity index (χ2v) is 9.98. The van der Waals surface area contributed by atoms with E-state index in [1.807, 2.05) is 24.4 Å². The molecule has 0 aliphatic rings. The molecule has 0 atom stereocenters. The highest BCUT2D eigenvalue weighted by molar-refractivity contribution is 7.93. The van der Waals surface area contributed by atoms with Crippen molar-refractivity contribution in [1.82, 2.24) is 5.32 Å². The van der Waals surface area contributed by atoms with Crippen LogP contribution in [0.5, 0.6) is 5.75 Å². The standard InChI is InChI=1S/C20H22N2O4S3/c1-3-26-16-8-6-15(7-9-16)22(2)29(24,25)18-11-14-28-19(18)20(23)21-12-10-17-5-4-13-27-17/h4-9,11,13-14H,3,10,12H2,1-2H3,(H,21,23). The van der Waals surface area contributed by atoms with Crippen molar-refractivity contribution in [2.45, 2.75) is 18.2 Å². The molecule has 3 rings (SSSR count). The van der Waals surface area contributed by atoms with Gasteiger partial charge in [-0.2, -0.15) is 0 Å². The number of carbonyl (C=O) groups is 1. The Morgan fingerprint density at radius 3 is 2.52 bits per heavy atom. The van der Waals surface area contributed by atoms with E-state index in [1.165, 1.54) is 22.3 Å². The summed E-state index contributed by atoms with van der Waals surface area (Å²) in [5, 5.41) is 6.42. The smallest absolute Gasteiger partial charge is 0.265 e. The number of anilines is 1. The summed E-state index contributed by atoms with van der Waals surface area (Å²) in [4.78, 5) is 13.9. The van der Waals surface area contributed by atoms with E-state index in [1.54, 1.807) is 41.0 Å². The van der Waals surface area contributed by atoms with E-state index in [2.05, 4.69) is 5.32 Å². The van der Waals surface area contributed by atoms with E-state index < -0.39 is 10.0 Å². The first-order valence-electron chi connectivity index (χ1n) is 9.03. The molecule has 3 aromatic rings. The number of hydrogen-bond donors (Lipinski definition) is 1. The number of rotatable bonds is 9. The van der Waals surface area contributed by atoms with Crippen LogP contribution in [0.15, 0.2) is 58.1 Å². The van der Waals surface area contributed by atoms with Crippen LogP contribution in [0.1, 0.15) is 21.5 Å². The minimum absolute atomic E-state index is 0.00695. The monoisotopic (exact) mass is 450 g/mol. The van der Waals surface area contributed by atoms with Crippen molar-refractivity contribution in [2.75, 3.05) is 24.5 Å². The van der Waals surface area contributed by atoms with E-state index in [-0.39, 0.29) is 15.7 Å². The average Bonchev–Trinajstić information content (AvgIpc) is 3.40. The van der Waals surface area contributed by atoms with Crippen molar-refractivity contribution in [3.63, 3.8) is 0 Å². The summed E-state index contributed by atoms with van der Waals surface area (Å²) < 4.78 is 32.8. The number of benzene rings is 1. The molecule has 0 aliphatic heterocycles. The Labute approximate surface area is 178 Å². The molecule has 1 N–H and O–H groups in total. The van der Waals surface area contributed by atoms with Crippen molar-refractivity contribution < 1.29 is 17.9 Å². The Kier molecular flexibility index (Phi) is 6.94. The number of hydrogen-bond acceptors (Lipinski definition) is 6. The molecular formula is C20H22N2O4S3. The largest absolute Gasteiger partial charge is 0.494 e. The zero-order valence-electron chi connectivity index (χ0n) is 16.1. The van der Waals surface area contributed by atoms with E-state index in [4.69, 9.17) is 4.74 Å². The van der Waals surface area contributed by atoms with E-state index in [0.717, 1.165) is 11.3 Å². The first kappa shape index (κ1) is 21.4. The van der Waals surface area contributed by atoms with Gasteiger partial charge in [-0.25, -0.2) is 8.42 Å². The van der Waals surface area contributed by atoms with Gasteiger partial charge in [0.25, 0.3) is 15.9 Å². The fourth-order valence-corrected chi connectivity index (χ4v) is 5.93. The van der Waals surface area contributed by atoms with E-state index in [9.17, 15) is 13.2 Å². The van der Waals surface area contributed by atoms with Gasteiger partial charge in [-0.3, -0.25) is 9.10 Å². The Hall–Kier alpha value is -2.36. The van der Waals surface area contributed by atoms with Gasteiger partial charge in [-0.05, 0) is 60.5 Å². The molecule has 0 bridgehead atoms. The molecule has 0 spiro atoms. The maximum Gasteiger partial charge on any atom is 0.265 e. The number of carbonyl (C=O) groups excluding carboxylic acids is 1. The summed E-state index contributed by atoms with van der Waals surface area (Å²) in [5.74, 6) is 0.290. The molecule has 1 aromatic carbocycles. The summed E-state index contributed by atoms with van der Waals surface area (Å²) in [6, 6.07) is 12.2. The summed E-state index contributed by atoms with van der Waals surface area (Å²) in [6.07, 6.45) is 0.711. The van der Waals surface area contributed by atoms with E-state index >= 15 is 0 Å². The maximum atomic E-state index is 13.1. The molecule has 0 fully saturated rings. The van der Waals surface area contributed by atoms with Crippen LogP contribution in [0.25, 0.3) is 0 Å². The van der Waals surface area contributed by atoms with Gasteiger partial charge in [0.1, 0.15) is 15.5 Å². The van der Waals surface area contributed by atoms with Gasteiger partial charge < -0.3 is 10.1 Å². The summed E-state index contributed by atoms with van der Waals surface area (Å²) in [7, 11) is -2.40. The third-order valence-electron chi connectivity index (χ3n) is 4.22. The number of ether oxygens (including phenoxy) is 1. The highest BCUT2D eigenvalue weighted by Crippen LogP contribution is 2.29. The summed E-state index contributed by atoms with van der Waals surface area (Å²) in [5.41, 5.74) is 0.490. The second-order valence-electron chi connectivity index (χ2n) is 6.10. The van der Waals surface area contributed by atoms with Gasteiger partial charge in [0.2, 0.25) is 0 Å². The topological polar surface area (TPSA) is 75.7 Å². The zero-order valence-corrected chi connectivity index (χ0v) is 18.6. The summed E-state index contributed by atoms with van der Waals surface area (Å²) in [6.45, 7) is 2.87. The highest BCUT2D eigenvalue weighted by atomic mass is 32.2. The molecular weight excluding hydrogens is 428 g/mol. The van der Waals surface area contributed by atoms with Gasteiger partial charge in [0.05, 0.1) is 12.3 Å². The fourth-order valence-electron chi connectivity index (χ4n) is 2.71. The van der Waals surface area contributed by atoms with Crippen molar-refractivity contribution in [3.05, 3.63) is 63.0 Å². The van der Waals surface area contributed by atoms with Gasteiger partial charge in [-0.15, -0.1) is 22.7 Å². The fraction of sp³-hybridized carbons (Fsp3) is 0.250. The first-order chi connectivity index (χ1) is 13.9. The lowest BCUT2D eigenvalue weighted by atomic mass is 10.3. The van der Waals surface area contributed by atoms with Crippen molar-refractivity contribution in [2.24, 2.45) is 0 Å². The van der Waals surface area contributed by atoms with Crippen LogP contribution in [-0.2, 0) is 16.4 Å². The third-order valence-corrected chi connectivity index (χ3v) is 8.03. The maximum absolute atomic E-state index is 13.1. The van der Waals surface area contributed by atoms with Crippen LogP contribution in [0, 0.1) is 0 Å². The lowest BCUT2D eigenvalue weighted by molar-refractivity contribution is 0.0955. The molecule has 154 valence electrons. The van der Waals surface area contributed by atoms with Crippen LogP contribution in [0.4, 0.5) is 5.69 Å².